The molecule has 1 N–H and O–H groups in total. The fraction of sp³-hybridized carbons (Fsp3) is 0.500. The highest BCUT2D eigenvalue weighted by molar-refractivity contribution is 5.81. The second kappa shape index (κ2) is 3.84. The van der Waals surface area contributed by atoms with E-state index in [9.17, 15) is 9.90 Å². The molecule has 0 spiro atoms. The first kappa shape index (κ1) is 10.8. The summed E-state index contributed by atoms with van der Waals surface area (Å²) in [6.45, 7) is 0.804. The Morgan fingerprint density at radius 3 is 2.76 bits per heavy atom. The first-order valence-electron chi connectivity index (χ1n) is 6.29. The van der Waals surface area contributed by atoms with Crippen LogP contribution in [0.1, 0.15) is 31.2 Å². The van der Waals surface area contributed by atoms with E-state index in [4.69, 9.17) is 0 Å². The molecule has 0 aromatic heterocycles. The van der Waals surface area contributed by atoms with Gasteiger partial charge >= 0.3 is 0 Å². The van der Waals surface area contributed by atoms with Crippen LogP contribution in [-0.2, 0) is 10.4 Å². The molecule has 0 saturated carbocycles. The van der Waals surface area contributed by atoms with Crippen molar-refractivity contribution in [1.29, 1.82) is 0 Å². The van der Waals surface area contributed by atoms with Crippen molar-refractivity contribution in [3.05, 3.63) is 35.9 Å². The second-order valence-electron chi connectivity index (χ2n) is 5.07. The molecule has 2 saturated heterocycles. The summed E-state index contributed by atoms with van der Waals surface area (Å²) in [4.78, 5) is 13.8. The number of nitrogens with zero attached hydrogens (tertiary/aromatic N) is 1. The number of fused-ring (bicyclic) bond motifs is 1. The number of rotatable bonds is 1. The van der Waals surface area contributed by atoms with Gasteiger partial charge in [0.25, 0.3) is 0 Å². The molecular weight excluding hydrogens is 214 g/mol. The summed E-state index contributed by atoms with van der Waals surface area (Å²) in [7, 11) is 0. The van der Waals surface area contributed by atoms with E-state index in [0.29, 0.717) is 0 Å². The van der Waals surface area contributed by atoms with Gasteiger partial charge < -0.3 is 10.0 Å². The lowest BCUT2D eigenvalue weighted by Crippen LogP contribution is -2.45. The number of carbonyl (C=O) groups excluding carboxylic acids is 1. The van der Waals surface area contributed by atoms with Crippen LogP contribution in [0.25, 0.3) is 0 Å². The van der Waals surface area contributed by atoms with Crippen molar-refractivity contribution >= 4 is 5.91 Å². The standard InChI is InChI=1S/C14H17NO2/c16-13-10-14(17,11-6-2-1-3-7-11)12-8-4-5-9-15(12)13/h1-3,6-7,12,17H,4-5,8-10H2/t12-,14-/m1/s1. The van der Waals surface area contributed by atoms with Crippen molar-refractivity contribution in [2.45, 2.75) is 37.3 Å². The lowest BCUT2D eigenvalue weighted by Gasteiger charge is -2.37. The van der Waals surface area contributed by atoms with Crippen LogP contribution in [0.3, 0.4) is 0 Å². The van der Waals surface area contributed by atoms with Gasteiger partial charge in [0.1, 0.15) is 5.60 Å². The summed E-state index contributed by atoms with van der Waals surface area (Å²) < 4.78 is 0. The van der Waals surface area contributed by atoms with Crippen LogP contribution < -0.4 is 0 Å². The van der Waals surface area contributed by atoms with Crippen molar-refractivity contribution < 1.29 is 9.90 Å². The maximum atomic E-state index is 12.0. The minimum Gasteiger partial charge on any atom is -0.382 e. The quantitative estimate of drug-likeness (QED) is 0.798. The van der Waals surface area contributed by atoms with Gasteiger partial charge in [-0.25, -0.2) is 0 Å². The number of hydrogen-bond donors (Lipinski definition) is 1. The highest BCUT2D eigenvalue weighted by atomic mass is 16.3. The molecule has 3 heteroatoms. The molecule has 0 aliphatic carbocycles. The fourth-order valence-corrected chi connectivity index (χ4v) is 3.20. The van der Waals surface area contributed by atoms with Gasteiger partial charge in [-0.05, 0) is 24.8 Å². The van der Waals surface area contributed by atoms with E-state index in [0.717, 1.165) is 31.4 Å². The Balaban J connectivity index is 2.00. The predicted molar refractivity (Wildman–Crippen MR) is 64.3 cm³/mol. The van der Waals surface area contributed by atoms with Crippen LogP contribution in [0.4, 0.5) is 0 Å². The van der Waals surface area contributed by atoms with Crippen LogP contribution >= 0.6 is 0 Å². The lowest BCUT2D eigenvalue weighted by molar-refractivity contribution is -0.129. The monoisotopic (exact) mass is 231 g/mol. The van der Waals surface area contributed by atoms with Gasteiger partial charge in [0.2, 0.25) is 5.91 Å². The Bertz CT molecular complexity index is 431. The van der Waals surface area contributed by atoms with E-state index >= 15 is 0 Å². The molecule has 1 aromatic rings. The smallest absolute Gasteiger partial charge is 0.226 e. The van der Waals surface area contributed by atoms with E-state index in [1.807, 2.05) is 35.2 Å². The van der Waals surface area contributed by atoms with Gasteiger partial charge in [0.05, 0.1) is 12.5 Å². The number of benzene rings is 1. The van der Waals surface area contributed by atoms with Gasteiger partial charge in [-0.15, -0.1) is 0 Å². The van der Waals surface area contributed by atoms with Crippen LogP contribution in [0.2, 0.25) is 0 Å². The molecule has 17 heavy (non-hydrogen) atoms. The van der Waals surface area contributed by atoms with Gasteiger partial charge in [0, 0.05) is 6.54 Å². The molecule has 3 rings (SSSR count). The molecule has 2 atom stereocenters. The molecule has 0 bridgehead atoms. The number of carbonyl (C=O) groups is 1. The summed E-state index contributed by atoms with van der Waals surface area (Å²) in [6, 6.07) is 9.59. The van der Waals surface area contributed by atoms with E-state index in [2.05, 4.69) is 0 Å². The molecule has 3 nitrogen and oxygen atoms in total. The molecule has 2 fully saturated rings. The summed E-state index contributed by atoms with van der Waals surface area (Å²) in [5.74, 6) is 0.0982. The Kier molecular flexibility index (Phi) is 2.44. The van der Waals surface area contributed by atoms with Crippen LogP contribution in [0.15, 0.2) is 30.3 Å². The minimum atomic E-state index is -0.973. The third kappa shape index (κ3) is 1.57. The zero-order valence-electron chi connectivity index (χ0n) is 9.80. The zero-order valence-corrected chi connectivity index (χ0v) is 9.80. The topological polar surface area (TPSA) is 40.5 Å². The van der Waals surface area contributed by atoms with Crippen molar-refractivity contribution in [2.24, 2.45) is 0 Å². The number of aliphatic hydroxyl groups is 1. The van der Waals surface area contributed by atoms with Gasteiger partial charge in [-0.2, -0.15) is 0 Å². The molecule has 2 aliphatic heterocycles. The first-order valence-corrected chi connectivity index (χ1v) is 6.29. The lowest BCUT2D eigenvalue weighted by atomic mass is 9.83. The molecule has 2 aliphatic rings. The average molecular weight is 231 g/mol. The van der Waals surface area contributed by atoms with E-state index in [1.165, 1.54) is 0 Å². The summed E-state index contributed by atoms with van der Waals surface area (Å²) >= 11 is 0. The molecule has 0 radical (unpaired) electrons. The summed E-state index contributed by atoms with van der Waals surface area (Å²) in [6.07, 6.45) is 3.31. The minimum absolute atomic E-state index is 0.0221. The third-order valence-corrected chi connectivity index (χ3v) is 4.07. The van der Waals surface area contributed by atoms with Crippen molar-refractivity contribution in [1.82, 2.24) is 4.90 Å². The maximum absolute atomic E-state index is 12.0. The molecule has 90 valence electrons. The maximum Gasteiger partial charge on any atom is 0.226 e. The number of piperidine rings is 1. The van der Waals surface area contributed by atoms with E-state index < -0.39 is 5.60 Å². The Morgan fingerprint density at radius 2 is 2.00 bits per heavy atom. The van der Waals surface area contributed by atoms with Crippen molar-refractivity contribution in [3.63, 3.8) is 0 Å². The predicted octanol–water partition coefficient (Wildman–Crippen LogP) is 1.66. The normalized spacial score (nSPS) is 32.6. The van der Waals surface area contributed by atoms with Crippen LogP contribution in [0, 0.1) is 0 Å². The molecular formula is C14H17NO2. The largest absolute Gasteiger partial charge is 0.382 e. The van der Waals surface area contributed by atoms with E-state index in [-0.39, 0.29) is 18.4 Å². The summed E-state index contributed by atoms with van der Waals surface area (Å²) in [5.41, 5.74) is -0.0959. The molecule has 2 heterocycles. The number of hydrogen-bond acceptors (Lipinski definition) is 2. The van der Waals surface area contributed by atoms with E-state index in [1.54, 1.807) is 0 Å². The van der Waals surface area contributed by atoms with Crippen molar-refractivity contribution in [3.8, 4) is 0 Å². The molecule has 1 amide bonds. The molecule has 1 aromatic carbocycles. The van der Waals surface area contributed by atoms with Crippen molar-refractivity contribution in [2.75, 3.05) is 6.54 Å². The Hall–Kier alpha value is -1.35. The second-order valence-corrected chi connectivity index (χ2v) is 5.07. The SMILES string of the molecule is O=C1C[C@@](O)(c2ccccc2)[C@H]2CCCCN12. The Labute approximate surface area is 101 Å². The molecule has 0 unspecified atom stereocenters. The van der Waals surface area contributed by atoms with Gasteiger partial charge in [-0.1, -0.05) is 30.3 Å². The summed E-state index contributed by atoms with van der Waals surface area (Å²) in [5, 5.41) is 10.9. The van der Waals surface area contributed by atoms with Gasteiger partial charge in [0.15, 0.2) is 0 Å². The Morgan fingerprint density at radius 1 is 1.24 bits per heavy atom. The third-order valence-electron chi connectivity index (χ3n) is 4.07. The fourth-order valence-electron chi connectivity index (χ4n) is 3.20. The van der Waals surface area contributed by atoms with Crippen LogP contribution in [-0.4, -0.2) is 28.5 Å². The van der Waals surface area contributed by atoms with Crippen LogP contribution in [0.5, 0.6) is 0 Å². The highest BCUT2D eigenvalue weighted by Crippen LogP contribution is 2.42. The average Bonchev–Trinajstić information content (AvgIpc) is 2.65. The number of amides is 1. The van der Waals surface area contributed by atoms with Gasteiger partial charge in [-0.3, -0.25) is 4.79 Å². The zero-order chi connectivity index (χ0) is 11.9. The highest BCUT2D eigenvalue weighted by Gasteiger charge is 2.51. The first-order chi connectivity index (χ1) is 8.22.